The van der Waals surface area contributed by atoms with Crippen LogP contribution in [0.15, 0.2) is 12.4 Å². The van der Waals surface area contributed by atoms with Crippen LogP contribution < -0.4 is 5.32 Å². The first-order chi connectivity index (χ1) is 12.5. The molecule has 3 aliphatic rings. The van der Waals surface area contributed by atoms with Crippen molar-refractivity contribution in [1.82, 2.24) is 25.1 Å². The van der Waals surface area contributed by atoms with Crippen LogP contribution in [0.5, 0.6) is 0 Å². The van der Waals surface area contributed by atoms with E-state index in [4.69, 9.17) is 4.74 Å². The van der Waals surface area contributed by atoms with Crippen molar-refractivity contribution in [1.29, 1.82) is 0 Å². The Labute approximate surface area is 152 Å². The van der Waals surface area contributed by atoms with Crippen LogP contribution in [0.3, 0.4) is 0 Å². The Balaban J connectivity index is 1.40. The molecule has 1 spiro atoms. The first-order valence-corrected chi connectivity index (χ1v) is 9.17. The summed E-state index contributed by atoms with van der Waals surface area (Å²) < 4.78 is 6.07. The summed E-state index contributed by atoms with van der Waals surface area (Å²) in [5, 5.41) is 2.73. The van der Waals surface area contributed by atoms with Gasteiger partial charge in [0.2, 0.25) is 5.91 Å². The zero-order valence-corrected chi connectivity index (χ0v) is 15.3. The Bertz CT molecular complexity index is 697. The number of nitrogens with zero attached hydrogens (tertiary/aromatic N) is 4. The van der Waals surface area contributed by atoms with Gasteiger partial charge in [0, 0.05) is 26.3 Å². The van der Waals surface area contributed by atoms with Gasteiger partial charge in [-0.3, -0.25) is 19.5 Å². The number of likely N-dealkylation sites (tertiary alicyclic amines) is 1. The zero-order valence-electron chi connectivity index (χ0n) is 15.3. The summed E-state index contributed by atoms with van der Waals surface area (Å²) in [5.41, 5.74) is 0.778. The average molecular weight is 359 g/mol. The van der Waals surface area contributed by atoms with Gasteiger partial charge in [-0.1, -0.05) is 0 Å². The van der Waals surface area contributed by atoms with Crippen LogP contribution in [0.4, 0.5) is 0 Å². The molecule has 1 saturated carbocycles. The Morgan fingerprint density at radius 2 is 2.04 bits per heavy atom. The number of carbonyl (C=O) groups is 2. The Morgan fingerprint density at radius 3 is 2.65 bits per heavy atom. The lowest BCUT2D eigenvalue weighted by atomic mass is 9.89. The van der Waals surface area contributed by atoms with Crippen molar-refractivity contribution in [3.8, 4) is 0 Å². The van der Waals surface area contributed by atoms with E-state index in [0.717, 1.165) is 12.2 Å². The summed E-state index contributed by atoms with van der Waals surface area (Å²) in [6, 6.07) is -0.237. The van der Waals surface area contributed by atoms with E-state index >= 15 is 0 Å². The number of hydrogen-bond donors (Lipinski definition) is 1. The highest BCUT2D eigenvalue weighted by Gasteiger charge is 2.52. The molecule has 0 aromatic carbocycles. The molecule has 1 atom stereocenters. The molecule has 2 saturated heterocycles. The van der Waals surface area contributed by atoms with Gasteiger partial charge in [0.15, 0.2) is 0 Å². The third-order valence-electron chi connectivity index (χ3n) is 5.46. The summed E-state index contributed by atoms with van der Waals surface area (Å²) >= 11 is 0. The number of ether oxygens (including phenoxy) is 1. The van der Waals surface area contributed by atoms with E-state index in [1.807, 2.05) is 6.92 Å². The van der Waals surface area contributed by atoms with Crippen molar-refractivity contribution in [2.45, 2.75) is 31.4 Å². The van der Waals surface area contributed by atoms with E-state index in [9.17, 15) is 9.59 Å². The van der Waals surface area contributed by atoms with Gasteiger partial charge in [-0.05, 0) is 25.7 Å². The third kappa shape index (κ3) is 3.31. The van der Waals surface area contributed by atoms with E-state index < -0.39 is 0 Å². The largest absolute Gasteiger partial charge is 0.368 e. The Morgan fingerprint density at radius 1 is 1.27 bits per heavy atom. The molecule has 26 heavy (non-hydrogen) atoms. The standard InChI is InChI=1S/C18H25N5O3/c1-12-5-21-14(6-20-12)17(25)23-10-18(11-23)9-22(7-13-3-4-13)15(8-26-18)16(24)19-2/h5-6,13,15H,3-4,7-11H2,1-2H3,(H,19,24). The van der Waals surface area contributed by atoms with Crippen LogP contribution >= 0.6 is 0 Å². The monoisotopic (exact) mass is 359 g/mol. The predicted molar refractivity (Wildman–Crippen MR) is 93.5 cm³/mol. The molecular formula is C18H25N5O3. The van der Waals surface area contributed by atoms with Gasteiger partial charge in [-0.25, -0.2) is 4.98 Å². The number of carbonyl (C=O) groups excluding carboxylic acids is 2. The normalized spacial score (nSPS) is 25.0. The topological polar surface area (TPSA) is 87.7 Å². The number of aryl methyl sites for hydroxylation is 1. The van der Waals surface area contributed by atoms with Gasteiger partial charge in [0.25, 0.3) is 5.91 Å². The van der Waals surface area contributed by atoms with Crippen molar-refractivity contribution in [3.63, 3.8) is 0 Å². The van der Waals surface area contributed by atoms with Gasteiger partial charge in [0.05, 0.1) is 31.6 Å². The molecule has 0 radical (unpaired) electrons. The lowest BCUT2D eigenvalue weighted by Gasteiger charge is -2.55. The van der Waals surface area contributed by atoms with Crippen molar-refractivity contribution >= 4 is 11.8 Å². The quantitative estimate of drug-likeness (QED) is 0.804. The van der Waals surface area contributed by atoms with Crippen LogP contribution in [0.2, 0.25) is 0 Å². The first kappa shape index (κ1) is 17.4. The summed E-state index contributed by atoms with van der Waals surface area (Å²) in [5.74, 6) is 0.578. The number of amides is 2. The lowest BCUT2D eigenvalue weighted by Crippen LogP contribution is -2.73. The fourth-order valence-corrected chi connectivity index (χ4v) is 3.77. The molecule has 1 aromatic heterocycles. The molecule has 2 amide bonds. The lowest BCUT2D eigenvalue weighted by molar-refractivity contribution is -0.191. The third-order valence-corrected chi connectivity index (χ3v) is 5.46. The Hall–Kier alpha value is -2.06. The van der Waals surface area contributed by atoms with Crippen LogP contribution in [-0.4, -0.2) is 83.1 Å². The van der Waals surface area contributed by atoms with Crippen LogP contribution in [0, 0.1) is 12.8 Å². The fourth-order valence-electron chi connectivity index (χ4n) is 3.77. The maximum atomic E-state index is 12.5. The second kappa shape index (κ2) is 6.59. The second-order valence-corrected chi connectivity index (χ2v) is 7.70. The number of morpholine rings is 1. The van der Waals surface area contributed by atoms with E-state index in [2.05, 4.69) is 20.2 Å². The molecule has 0 bridgehead atoms. The molecule has 1 aliphatic carbocycles. The van der Waals surface area contributed by atoms with Crippen molar-refractivity contribution in [2.75, 3.05) is 39.8 Å². The highest BCUT2D eigenvalue weighted by molar-refractivity contribution is 5.92. The van der Waals surface area contributed by atoms with E-state index in [1.54, 1.807) is 18.1 Å². The molecule has 8 nitrogen and oxygen atoms in total. The summed E-state index contributed by atoms with van der Waals surface area (Å²) in [6.45, 7) is 4.89. The van der Waals surface area contributed by atoms with Gasteiger partial charge >= 0.3 is 0 Å². The highest BCUT2D eigenvalue weighted by Crippen LogP contribution is 2.36. The predicted octanol–water partition coefficient (Wildman–Crippen LogP) is -0.164. The smallest absolute Gasteiger partial charge is 0.274 e. The SMILES string of the molecule is CNC(=O)C1COC2(CN(C(=O)c3cnc(C)cn3)C2)CN1CC1CC1. The molecule has 8 heteroatoms. The second-order valence-electron chi connectivity index (χ2n) is 7.70. The number of aromatic nitrogens is 2. The molecule has 3 heterocycles. The van der Waals surface area contributed by atoms with Crippen LogP contribution in [0.1, 0.15) is 29.0 Å². The molecule has 2 aliphatic heterocycles. The maximum absolute atomic E-state index is 12.5. The van der Waals surface area contributed by atoms with Gasteiger partial charge < -0.3 is 15.0 Å². The first-order valence-electron chi connectivity index (χ1n) is 9.17. The molecular weight excluding hydrogens is 334 g/mol. The molecule has 140 valence electrons. The van der Waals surface area contributed by atoms with E-state index in [0.29, 0.717) is 37.9 Å². The van der Waals surface area contributed by atoms with Crippen LogP contribution in [0.25, 0.3) is 0 Å². The fraction of sp³-hybridized carbons (Fsp3) is 0.667. The van der Waals surface area contributed by atoms with Gasteiger partial charge in [-0.2, -0.15) is 0 Å². The maximum Gasteiger partial charge on any atom is 0.274 e. The molecule has 1 N–H and O–H groups in total. The summed E-state index contributed by atoms with van der Waals surface area (Å²) in [4.78, 5) is 37.0. The summed E-state index contributed by atoms with van der Waals surface area (Å²) in [7, 11) is 1.66. The van der Waals surface area contributed by atoms with Gasteiger partial charge in [0.1, 0.15) is 17.3 Å². The van der Waals surface area contributed by atoms with Crippen LogP contribution in [-0.2, 0) is 9.53 Å². The minimum absolute atomic E-state index is 0.00249. The van der Waals surface area contributed by atoms with Crippen molar-refractivity contribution < 1.29 is 14.3 Å². The van der Waals surface area contributed by atoms with E-state index in [-0.39, 0.29) is 23.5 Å². The number of likely N-dealkylation sites (N-methyl/N-ethyl adjacent to an activating group) is 1. The Kier molecular flexibility index (Phi) is 4.40. The highest BCUT2D eigenvalue weighted by atomic mass is 16.5. The number of nitrogens with one attached hydrogen (secondary N) is 1. The molecule has 1 unspecified atom stereocenters. The molecule has 3 fully saturated rings. The number of rotatable bonds is 4. The minimum atomic E-state index is -0.368. The number of hydrogen-bond acceptors (Lipinski definition) is 6. The average Bonchev–Trinajstić information content (AvgIpc) is 3.43. The van der Waals surface area contributed by atoms with Crippen molar-refractivity contribution in [3.05, 3.63) is 23.8 Å². The summed E-state index contributed by atoms with van der Waals surface area (Å²) in [6.07, 6.45) is 5.60. The zero-order chi connectivity index (χ0) is 18.3. The molecule has 1 aromatic rings. The van der Waals surface area contributed by atoms with Crippen molar-refractivity contribution in [2.24, 2.45) is 5.92 Å². The van der Waals surface area contributed by atoms with Gasteiger partial charge in [-0.15, -0.1) is 0 Å². The minimum Gasteiger partial charge on any atom is -0.368 e. The van der Waals surface area contributed by atoms with E-state index in [1.165, 1.54) is 19.0 Å². The molecule has 4 rings (SSSR count).